The fraction of sp³-hybridized carbons (Fsp3) is 0.0250. The molecule has 0 bridgehead atoms. The molecule has 0 saturated heterocycles. The number of furan rings is 1. The van der Waals surface area contributed by atoms with Crippen molar-refractivity contribution in [3.8, 4) is 17.1 Å². The first-order valence-corrected chi connectivity index (χ1v) is 15.3. The molecule has 0 saturated carbocycles. The van der Waals surface area contributed by atoms with Crippen molar-refractivity contribution in [1.29, 1.82) is 0 Å². The van der Waals surface area contributed by atoms with Gasteiger partial charge in [0.2, 0.25) is 5.71 Å². The lowest BCUT2D eigenvalue weighted by molar-refractivity contribution is 0.653. The maximum Gasteiger partial charge on any atom is 0.227 e. The minimum atomic E-state index is 0.635. The number of hydrogen-bond donors (Lipinski definition) is 0. The Bertz CT molecular complexity index is 2510. The van der Waals surface area contributed by atoms with Gasteiger partial charge in [-0.25, -0.2) is 15.0 Å². The number of rotatable bonds is 5. The Hall–Kier alpha value is -6.27. The van der Waals surface area contributed by atoms with E-state index in [1.54, 1.807) is 0 Å². The smallest absolute Gasteiger partial charge is 0.227 e. The van der Waals surface area contributed by atoms with Crippen LogP contribution in [0.2, 0.25) is 0 Å². The number of nitrogens with zero attached hydrogens (tertiary/aromatic N) is 5. The number of para-hydroxylation sites is 4. The lowest BCUT2D eigenvalue weighted by Gasteiger charge is -2.24. The van der Waals surface area contributed by atoms with Gasteiger partial charge in [0.1, 0.15) is 23.0 Å². The van der Waals surface area contributed by atoms with Crippen molar-refractivity contribution < 1.29 is 4.42 Å². The second-order valence-corrected chi connectivity index (χ2v) is 11.4. The lowest BCUT2D eigenvalue weighted by atomic mass is 10.1. The normalized spacial score (nSPS) is 11.6. The molecule has 0 unspecified atom stereocenters. The molecule has 0 atom stereocenters. The Morgan fingerprint density at radius 2 is 1.17 bits per heavy atom. The summed E-state index contributed by atoms with van der Waals surface area (Å²) in [7, 11) is 0. The molecule has 0 amide bonds. The van der Waals surface area contributed by atoms with Crippen molar-refractivity contribution in [2.75, 3.05) is 4.90 Å². The number of anilines is 3. The quantitative estimate of drug-likeness (QED) is 0.199. The molecule has 9 rings (SSSR count). The third-order valence-corrected chi connectivity index (χ3v) is 8.52. The molecular weight excluding hydrogens is 566 g/mol. The van der Waals surface area contributed by atoms with Gasteiger partial charge in [-0.1, -0.05) is 78.9 Å². The molecule has 6 heteroatoms. The van der Waals surface area contributed by atoms with Crippen molar-refractivity contribution in [2.45, 2.75) is 6.92 Å². The van der Waals surface area contributed by atoms with E-state index >= 15 is 0 Å². The summed E-state index contributed by atoms with van der Waals surface area (Å²) in [6, 6.07) is 49.7. The van der Waals surface area contributed by atoms with E-state index in [0.29, 0.717) is 5.71 Å². The third-order valence-electron chi connectivity index (χ3n) is 8.52. The fourth-order valence-corrected chi connectivity index (χ4v) is 6.46. The molecule has 0 spiro atoms. The predicted molar refractivity (Wildman–Crippen MR) is 186 cm³/mol. The van der Waals surface area contributed by atoms with Crippen LogP contribution in [-0.2, 0) is 0 Å². The summed E-state index contributed by atoms with van der Waals surface area (Å²) in [5.41, 5.74) is 7.23. The summed E-state index contributed by atoms with van der Waals surface area (Å²) < 4.78 is 8.57. The van der Waals surface area contributed by atoms with E-state index in [4.69, 9.17) is 14.4 Å². The van der Waals surface area contributed by atoms with Crippen LogP contribution in [0.15, 0.2) is 150 Å². The summed E-state index contributed by atoms with van der Waals surface area (Å²) in [5.74, 6) is 2.34. The summed E-state index contributed by atoms with van der Waals surface area (Å²) in [4.78, 5) is 17.2. The second-order valence-electron chi connectivity index (χ2n) is 11.4. The maximum atomic E-state index is 6.34. The van der Waals surface area contributed by atoms with Gasteiger partial charge in [-0.2, -0.15) is 0 Å². The monoisotopic (exact) mass is 593 g/mol. The van der Waals surface area contributed by atoms with Gasteiger partial charge in [-0.3, -0.25) is 9.47 Å². The SMILES string of the molecule is Cc1ccc2c(n1)oc1c(-c3cccc(N(c4ccccc4)c4cccc(-n5c6ccccc6c6ccccc65)n4)n3)cccc12. The summed E-state index contributed by atoms with van der Waals surface area (Å²) in [6.45, 7) is 1.97. The van der Waals surface area contributed by atoms with Crippen LogP contribution in [0.4, 0.5) is 17.3 Å². The number of benzene rings is 4. The maximum absolute atomic E-state index is 6.34. The molecule has 5 aromatic heterocycles. The first-order chi connectivity index (χ1) is 22.7. The zero-order valence-electron chi connectivity index (χ0n) is 25.0. The molecule has 0 aliphatic carbocycles. The number of fused-ring (bicyclic) bond motifs is 6. The summed E-state index contributed by atoms with van der Waals surface area (Å²) >= 11 is 0. The molecule has 218 valence electrons. The molecule has 0 aliphatic heterocycles. The van der Waals surface area contributed by atoms with Crippen molar-refractivity contribution in [3.63, 3.8) is 0 Å². The molecule has 9 aromatic rings. The molecule has 4 aromatic carbocycles. The molecule has 5 heterocycles. The van der Waals surface area contributed by atoms with E-state index < -0.39 is 0 Å². The Labute approximate surface area is 264 Å². The van der Waals surface area contributed by atoms with Gasteiger partial charge < -0.3 is 4.42 Å². The first kappa shape index (κ1) is 26.2. The molecule has 46 heavy (non-hydrogen) atoms. The van der Waals surface area contributed by atoms with Crippen molar-refractivity contribution in [3.05, 3.63) is 151 Å². The number of hydrogen-bond acceptors (Lipinski definition) is 5. The van der Waals surface area contributed by atoms with E-state index in [1.807, 2.05) is 61.5 Å². The number of aryl methyl sites for hydroxylation is 1. The minimum absolute atomic E-state index is 0.635. The Kier molecular flexibility index (Phi) is 5.93. The van der Waals surface area contributed by atoms with Crippen molar-refractivity contribution >= 4 is 61.2 Å². The van der Waals surface area contributed by atoms with E-state index in [-0.39, 0.29) is 0 Å². The average Bonchev–Trinajstić information content (AvgIpc) is 3.64. The first-order valence-electron chi connectivity index (χ1n) is 15.3. The standard InChI is InChI=1S/C40H27N5O/c1-26-24-25-31-30-16-9-17-32(39(30)46-40(31)41-26)33-18-10-21-36(42-33)44(27-12-3-2-4-13-27)37-22-11-23-38(43-37)45-34-19-7-5-14-28(34)29-15-6-8-20-35(29)45/h2-25H,1H3. The zero-order chi connectivity index (χ0) is 30.6. The van der Waals surface area contributed by atoms with Gasteiger partial charge in [0.05, 0.1) is 16.7 Å². The van der Waals surface area contributed by atoms with Crippen LogP contribution in [-0.4, -0.2) is 19.5 Å². The van der Waals surface area contributed by atoms with Crippen LogP contribution >= 0.6 is 0 Å². The van der Waals surface area contributed by atoms with Gasteiger partial charge in [-0.15, -0.1) is 0 Å². The van der Waals surface area contributed by atoms with E-state index in [1.165, 1.54) is 10.8 Å². The fourth-order valence-electron chi connectivity index (χ4n) is 6.46. The van der Waals surface area contributed by atoms with Gasteiger partial charge in [0, 0.05) is 38.5 Å². The highest BCUT2D eigenvalue weighted by atomic mass is 16.3. The largest absolute Gasteiger partial charge is 0.437 e. The summed E-state index contributed by atoms with van der Waals surface area (Å²) in [5, 5.41) is 4.41. The highest BCUT2D eigenvalue weighted by Gasteiger charge is 2.20. The average molecular weight is 594 g/mol. The topological polar surface area (TPSA) is 60.0 Å². The minimum Gasteiger partial charge on any atom is -0.437 e. The lowest BCUT2D eigenvalue weighted by Crippen LogP contribution is -2.14. The summed E-state index contributed by atoms with van der Waals surface area (Å²) in [6.07, 6.45) is 0. The number of pyridine rings is 3. The number of aromatic nitrogens is 4. The predicted octanol–water partition coefficient (Wildman–Crippen LogP) is 10.3. The van der Waals surface area contributed by atoms with Crippen LogP contribution in [0.1, 0.15) is 5.69 Å². The molecular formula is C40H27N5O. The van der Waals surface area contributed by atoms with E-state index in [9.17, 15) is 0 Å². The van der Waals surface area contributed by atoms with Gasteiger partial charge in [0.25, 0.3) is 0 Å². The van der Waals surface area contributed by atoms with Gasteiger partial charge >= 0.3 is 0 Å². The molecule has 6 nitrogen and oxygen atoms in total. The van der Waals surface area contributed by atoms with Crippen LogP contribution in [0.25, 0.3) is 61.0 Å². The van der Waals surface area contributed by atoms with Gasteiger partial charge in [0.15, 0.2) is 0 Å². The van der Waals surface area contributed by atoms with E-state index in [2.05, 4.69) is 105 Å². The third kappa shape index (κ3) is 4.15. The second kappa shape index (κ2) is 10.4. The van der Waals surface area contributed by atoms with Crippen LogP contribution in [0, 0.1) is 6.92 Å². The molecule has 0 aliphatic rings. The van der Waals surface area contributed by atoms with Crippen LogP contribution in [0.3, 0.4) is 0 Å². The molecule has 0 N–H and O–H groups in total. The molecule has 0 fully saturated rings. The Balaban J connectivity index is 1.22. The highest BCUT2D eigenvalue weighted by molar-refractivity contribution is 6.09. The highest BCUT2D eigenvalue weighted by Crippen LogP contribution is 2.38. The van der Waals surface area contributed by atoms with Crippen molar-refractivity contribution in [1.82, 2.24) is 19.5 Å². The van der Waals surface area contributed by atoms with Crippen LogP contribution in [0.5, 0.6) is 0 Å². The Morgan fingerprint density at radius 3 is 1.96 bits per heavy atom. The van der Waals surface area contributed by atoms with Crippen molar-refractivity contribution in [2.24, 2.45) is 0 Å². The Morgan fingerprint density at radius 1 is 0.522 bits per heavy atom. The zero-order valence-corrected chi connectivity index (χ0v) is 25.0. The van der Waals surface area contributed by atoms with E-state index in [0.717, 1.165) is 67.5 Å². The van der Waals surface area contributed by atoms with Gasteiger partial charge in [-0.05, 0) is 73.7 Å². The van der Waals surface area contributed by atoms with Crippen LogP contribution < -0.4 is 4.90 Å². The molecule has 0 radical (unpaired) electrons.